The molecule has 20 heavy (non-hydrogen) atoms. The molecular weight excluding hydrogens is 278 g/mol. The number of aromatic nitrogens is 2. The minimum Gasteiger partial charge on any atom is -0.504 e. The monoisotopic (exact) mass is 289 g/mol. The lowest BCUT2D eigenvalue weighted by Gasteiger charge is -2.07. The van der Waals surface area contributed by atoms with Crippen molar-refractivity contribution in [2.75, 3.05) is 0 Å². The molecule has 0 amide bonds. The summed E-state index contributed by atoms with van der Waals surface area (Å²) in [6.45, 7) is 0. The van der Waals surface area contributed by atoms with Crippen LogP contribution in [0.15, 0.2) is 23.0 Å². The summed E-state index contributed by atoms with van der Waals surface area (Å²) in [4.78, 5) is 16.7. The SMILES string of the molecule is N#Cc1c(CCc2cccc(O)c2O)[nH]c(=S)[nH]c1=O. The van der Waals surface area contributed by atoms with E-state index in [0.29, 0.717) is 24.1 Å². The van der Waals surface area contributed by atoms with Crippen LogP contribution < -0.4 is 5.56 Å². The lowest BCUT2D eigenvalue weighted by Crippen LogP contribution is -2.16. The molecule has 6 nitrogen and oxygen atoms in total. The van der Waals surface area contributed by atoms with Gasteiger partial charge in [-0.05, 0) is 36.7 Å². The van der Waals surface area contributed by atoms with Crippen LogP contribution in [-0.4, -0.2) is 20.2 Å². The number of nitrogens with zero attached hydrogens (tertiary/aromatic N) is 1. The predicted octanol–water partition coefficient (Wildman–Crippen LogP) is 1.50. The summed E-state index contributed by atoms with van der Waals surface area (Å²) in [5, 5.41) is 28.1. The fourth-order valence-corrected chi connectivity index (χ4v) is 2.09. The van der Waals surface area contributed by atoms with Gasteiger partial charge in [0.2, 0.25) is 0 Å². The van der Waals surface area contributed by atoms with E-state index in [1.807, 2.05) is 6.07 Å². The van der Waals surface area contributed by atoms with E-state index in [1.54, 1.807) is 12.1 Å². The summed E-state index contributed by atoms with van der Waals surface area (Å²) < 4.78 is 0.143. The van der Waals surface area contributed by atoms with E-state index in [-0.39, 0.29) is 21.8 Å². The molecule has 0 spiro atoms. The van der Waals surface area contributed by atoms with Crippen LogP contribution in [0.1, 0.15) is 16.8 Å². The molecule has 2 rings (SSSR count). The molecular formula is C13H11N3O3S. The van der Waals surface area contributed by atoms with Crippen molar-refractivity contribution in [1.82, 2.24) is 9.97 Å². The molecule has 4 N–H and O–H groups in total. The first-order chi connectivity index (χ1) is 9.52. The van der Waals surface area contributed by atoms with Gasteiger partial charge in [-0.15, -0.1) is 0 Å². The number of rotatable bonds is 3. The molecule has 0 aliphatic rings. The maximum Gasteiger partial charge on any atom is 0.269 e. The first-order valence-electron chi connectivity index (χ1n) is 5.78. The summed E-state index contributed by atoms with van der Waals surface area (Å²) in [5.74, 6) is -0.406. The van der Waals surface area contributed by atoms with Gasteiger partial charge < -0.3 is 15.2 Å². The summed E-state index contributed by atoms with van der Waals surface area (Å²) in [6.07, 6.45) is 0.664. The zero-order chi connectivity index (χ0) is 14.7. The van der Waals surface area contributed by atoms with Crippen LogP contribution in [0.5, 0.6) is 11.5 Å². The number of para-hydroxylation sites is 1. The van der Waals surface area contributed by atoms with Crippen LogP contribution in [-0.2, 0) is 12.8 Å². The second-order valence-corrected chi connectivity index (χ2v) is 4.57. The number of benzene rings is 1. The standard InChI is InChI=1S/C13H11N3O3S/c14-6-8-9(15-13(20)16-12(8)19)5-4-7-2-1-3-10(17)11(7)18/h1-3,17-18H,4-5H2,(H2,15,16,19,20). The molecule has 1 aromatic heterocycles. The van der Waals surface area contributed by atoms with Gasteiger partial charge in [0.15, 0.2) is 16.3 Å². The number of phenolic OH excluding ortho intramolecular Hbond substituents is 2. The predicted molar refractivity (Wildman–Crippen MR) is 74.1 cm³/mol. The third kappa shape index (κ3) is 2.70. The van der Waals surface area contributed by atoms with E-state index in [1.165, 1.54) is 6.07 Å². The van der Waals surface area contributed by atoms with Gasteiger partial charge in [-0.2, -0.15) is 5.26 Å². The van der Waals surface area contributed by atoms with Crippen molar-refractivity contribution in [2.24, 2.45) is 0 Å². The smallest absolute Gasteiger partial charge is 0.269 e. The third-order valence-corrected chi connectivity index (χ3v) is 3.08. The average molecular weight is 289 g/mol. The Balaban J connectivity index is 2.33. The van der Waals surface area contributed by atoms with Crippen LogP contribution in [0.4, 0.5) is 0 Å². The van der Waals surface area contributed by atoms with E-state index < -0.39 is 5.56 Å². The zero-order valence-electron chi connectivity index (χ0n) is 10.3. The van der Waals surface area contributed by atoms with Crippen molar-refractivity contribution in [3.05, 3.63) is 50.1 Å². The number of aryl methyl sites for hydroxylation is 2. The van der Waals surface area contributed by atoms with Crippen molar-refractivity contribution in [1.29, 1.82) is 5.26 Å². The molecule has 0 bridgehead atoms. The molecule has 1 aromatic carbocycles. The van der Waals surface area contributed by atoms with Gasteiger partial charge in [-0.3, -0.25) is 9.78 Å². The van der Waals surface area contributed by atoms with E-state index in [0.717, 1.165) is 0 Å². The summed E-state index contributed by atoms with van der Waals surface area (Å²) in [7, 11) is 0. The Hall–Kier alpha value is -2.59. The first-order valence-corrected chi connectivity index (χ1v) is 6.19. The van der Waals surface area contributed by atoms with Crippen LogP contribution >= 0.6 is 12.2 Å². The highest BCUT2D eigenvalue weighted by Crippen LogP contribution is 2.28. The summed E-state index contributed by atoms with van der Waals surface area (Å²) >= 11 is 4.86. The lowest BCUT2D eigenvalue weighted by molar-refractivity contribution is 0.399. The topological polar surface area (TPSA) is 113 Å². The molecule has 0 radical (unpaired) electrons. The third-order valence-electron chi connectivity index (χ3n) is 2.87. The van der Waals surface area contributed by atoms with Crippen molar-refractivity contribution in [3.63, 3.8) is 0 Å². The normalized spacial score (nSPS) is 10.2. The Morgan fingerprint density at radius 1 is 1.25 bits per heavy atom. The van der Waals surface area contributed by atoms with Crippen molar-refractivity contribution < 1.29 is 10.2 Å². The maximum absolute atomic E-state index is 11.6. The summed E-state index contributed by atoms with van der Waals surface area (Å²) in [6, 6.07) is 6.46. The highest BCUT2D eigenvalue weighted by Gasteiger charge is 2.10. The quantitative estimate of drug-likeness (QED) is 0.505. The van der Waals surface area contributed by atoms with E-state index in [2.05, 4.69) is 9.97 Å². The van der Waals surface area contributed by atoms with Crippen LogP contribution in [0, 0.1) is 16.1 Å². The molecule has 0 atom stereocenters. The molecule has 7 heteroatoms. The van der Waals surface area contributed by atoms with Crippen molar-refractivity contribution in [2.45, 2.75) is 12.8 Å². The van der Waals surface area contributed by atoms with E-state index in [4.69, 9.17) is 17.5 Å². The van der Waals surface area contributed by atoms with E-state index >= 15 is 0 Å². The van der Waals surface area contributed by atoms with Gasteiger partial charge >= 0.3 is 0 Å². The number of aromatic amines is 2. The molecule has 0 unspecified atom stereocenters. The Kier molecular flexibility index (Phi) is 3.86. The maximum atomic E-state index is 11.6. The number of hydrogen-bond donors (Lipinski definition) is 4. The molecule has 0 aliphatic carbocycles. The minimum atomic E-state index is -0.536. The lowest BCUT2D eigenvalue weighted by atomic mass is 10.0. The highest BCUT2D eigenvalue weighted by molar-refractivity contribution is 7.71. The van der Waals surface area contributed by atoms with Gasteiger partial charge in [-0.1, -0.05) is 12.1 Å². The largest absolute Gasteiger partial charge is 0.504 e. The Labute approximate surface area is 119 Å². The molecule has 0 aliphatic heterocycles. The van der Waals surface area contributed by atoms with Crippen molar-refractivity contribution in [3.8, 4) is 17.6 Å². The number of H-pyrrole nitrogens is 2. The molecule has 0 saturated heterocycles. The van der Waals surface area contributed by atoms with Gasteiger partial charge in [0.1, 0.15) is 11.6 Å². The van der Waals surface area contributed by atoms with Crippen LogP contribution in [0.3, 0.4) is 0 Å². The first kappa shape index (κ1) is 13.8. The number of aromatic hydroxyl groups is 2. The molecule has 1 heterocycles. The van der Waals surface area contributed by atoms with Crippen LogP contribution in [0.25, 0.3) is 0 Å². The Bertz CT molecular complexity index is 802. The zero-order valence-corrected chi connectivity index (χ0v) is 11.1. The average Bonchev–Trinajstić information content (AvgIpc) is 2.40. The number of phenols is 2. The molecule has 102 valence electrons. The van der Waals surface area contributed by atoms with Gasteiger partial charge in [0, 0.05) is 5.69 Å². The van der Waals surface area contributed by atoms with Crippen molar-refractivity contribution >= 4 is 12.2 Å². The summed E-state index contributed by atoms with van der Waals surface area (Å²) in [5.41, 5.74) is 0.363. The molecule has 2 aromatic rings. The van der Waals surface area contributed by atoms with Gasteiger partial charge in [0.05, 0.1) is 0 Å². The second-order valence-electron chi connectivity index (χ2n) is 4.16. The van der Waals surface area contributed by atoms with Gasteiger partial charge in [0.25, 0.3) is 5.56 Å². The number of nitriles is 1. The fraction of sp³-hybridized carbons (Fsp3) is 0.154. The van der Waals surface area contributed by atoms with E-state index in [9.17, 15) is 15.0 Å². The Morgan fingerprint density at radius 3 is 2.70 bits per heavy atom. The minimum absolute atomic E-state index is 0.0294. The molecule has 0 fully saturated rings. The van der Waals surface area contributed by atoms with Crippen LogP contribution in [0.2, 0.25) is 0 Å². The van der Waals surface area contributed by atoms with Gasteiger partial charge in [-0.25, -0.2) is 0 Å². The fourth-order valence-electron chi connectivity index (χ4n) is 1.88. The molecule has 0 saturated carbocycles. The highest BCUT2D eigenvalue weighted by atomic mass is 32.1. The number of nitrogens with one attached hydrogen (secondary N) is 2. The number of hydrogen-bond acceptors (Lipinski definition) is 5. The second kappa shape index (κ2) is 5.59. The Morgan fingerprint density at radius 2 is 2.00 bits per heavy atom.